The lowest BCUT2D eigenvalue weighted by Crippen LogP contribution is -1.96. The maximum atomic E-state index is 10.7. The highest BCUT2D eigenvalue weighted by molar-refractivity contribution is 5.79. The van der Waals surface area contributed by atoms with Crippen LogP contribution in [0.15, 0.2) is 18.2 Å². The Morgan fingerprint density at radius 3 is 2.36 bits per heavy atom. The van der Waals surface area contributed by atoms with Crippen LogP contribution in [0, 0.1) is 0 Å². The van der Waals surface area contributed by atoms with Crippen LogP contribution < -0.4 is 0 Å². The summed E-state index contributed by atoms with van der Waals surface area (Å²) in [6.07, 6.45) is 0.153. The van der Waals surface area contributed by atoms with Gasteiger partial charge in [-0.3, -0.25) is 4.79 Å². The van der Waals surface area contributed by atoms with Crippen LogP contribution in [0.3, 0.4) is 0 Å². The molecule has 0 aromatic heterocycles. The Morgan fingerprint density at radius 2 is 1.86 bits per heavy atom. The van der Waals surface area contributed by atoms with Gasteiger partial charge in [0.2, 0.25) is 0 Å². The first-order valence-corrected chi connectivity index (χ1v) is 4.60. The molecule has 1 aromatic rings. The molecule has 1 rings (SSSR count). The van der Waals surface area contributed by atoms with E-state index in [0.717, 1.165) is 0 Å². The van der Waals surface area contributed by atoms with E-state index in [2.05, 4.69) is 0 Å². The first kappa shape index (κ1) is 12.5. The zero-order chi connectivity index (χ0) is 11.1. The number of rotatable bonds is 2. The Morgan fingerprint density at radius 1 is 1.29 bits per heavy atom. The number of ketones is 1. The summed E-state index contributed by atoms with van der Waals surface area (Å²) in [5, 5.41) is 18.2. The van der Waals surface area contributed by atoms with Crippen molar-refractivity contribution in [3.8, 4) is 11.5 Å². The Hall–Kier alpha value is -1.51. The summed E-state index contributed by atoms with van der Waals surface area (Å²) < 4.78 is 0. The second-order valence-electron chi connectivity index (χ2n) is 2.69. The quantitative estimate of drug-likeness (QED) is 0.713. The minimum Gasteiger partial charge on any atom is -0.508 e. The van der Waals surface area contributed by atoms with Gasteiger partial charge in [-0.25, -0.2) is 0 Å². The number of carbonyl (C=O) groups is 1. The van der Waals surface area contributed by atoms with E-state index in [1.807, 2.05) is 13.8 Å². The molecule has 0 saturated carbocycles. The average Bonchev–Trinajstić information content (AvgIpc) is 2.14. The van der Waals surface area contributed by atoms with Gasteiger partial charge in [0, 0.05) is 12.0 Å². The normalized spacial score (nSPS) is 8.79. The van der Waals surface area contributed by atoms with Gasteiger partial charge in [-0.05, 0) is 25.1 Å². The molecule has 0 saturated heterocycles. The molecule has 14 heavy (non-hydrogen) atoms. The van der Waals surface area contributed by atoms with Gasteiger partial charge in [0.05, 0.1) is 0 Å². The van der Waals surface area contributed by atoms with E-state index in [1.165, 1.54) is 25.1 Å². The smallest absolute Gasteiger partial charge is 0.134 e. The highest BCUT2D eigenvalue weighted by atomic mass is 16.3. The van der Waals surface area contributed by atoms with Gasteiger partial charge in [-0.1, -0.05) is 13.8 Å². The van der Waals surface area contributed by atoms with E-state index in [4.69, 9.17) is 5.11 Å². The van der Waals surface area contributed by atoms with Crippen LogP contribution in [0.25, 0.3) is 0 Å². The summed E-state index contributed by atoms with van der Waals surface area (Å²) in [6.45, 7) is 5.43. The average molecular weight is 196 g/mol. The summed E-state index contributed by atoms with van der Waals surface area (Å²) in [7, 11) is 0. The molecule has 3 heteroatoms. The number of hydrogen-bond acceptors (Lipinski definition) is 3. The summed E-state index contributed by atoms with van der Waals surface area (Å²) in [5.41, 5.74) is 0.461. The molecule has 0 fully saturated rings. The van der Waals surface area contributed by atoms with Crippen molar-refractivity contribution in [2.45, 2.75) is 27.2 Å². The first-order valence-electron chi connectivity index (χ1n) is 4.60. The number of phenols is 2. The largest absolute Gasteiger partial charge is 0.508 e. The summed E-state index contributed by atoms with van der Waals surface area (Å²) >= 11 is 0. The summed E-state index contributed by atoms with van der Waals surface area (Å²) in [5.74, 6) is 0.0583. The number of carbonyl (C=O) groups excluding carboxylic acids is 1. The van der Waals surface area contributed by atoms with E-state index in [-0.39, 0.29) is 23.7 Å². The predicted octanol–water partition coefficient (Wildman–Crippen LogP) is 2.26. The molecule has 0 aliphatic heterocycles. The molecule has 2 N–H and O–H groups in total. The van der Waals surface area contributed by atoms with Gasteiger partial charge >= 0.3 is 0 Å². The molecule has 0 aliphatic carbocycles. The lowest BCUT2D eigenvalue weighted by atomic mass is 10.1. The van der Waals surface area contributed by atoms with Crippen molar-refractivity contribution in [1.82, 2.24) is 0 Å². The molecule has 0 aliphatic rings. The van der Waals surface area contributed by atoms with Gasteiger partial charge in [0.15, 0.2) is 0 Å². The van der Waals surface area contributed by atoms with E-state index in [1.54, 1.807) is 0 Å². The highest BCUT2D eigenvalue weighted by Crippen LogP contribution is 2.22. The Kier molecular flexibility index (Phi) is 5.37. The third kappa shape index (κ3) is 3.94. The minimum atomic E-state index is -0.0455. The Labute approximate surface area is 84.0 Å². The number of hydrogen-bond donors (Lipinski definition) is 2. The van der Waals surface area contributed by atoms with Crippen LogP contribution in [0.5, 0.6) is 11.5 Å². The van der Waals surface area contributed by atoms with Gasteiger partial charge in [-0.15, -0.1) is 0 Å². The zero-order valence-electron chi connectivity index (χ0n) is 8.74. The zero-order valence-corrected chi connectivity index (χ0v) is 8.74. The van der Waals surface area contributed by atoms with E-state index in [0.29, 0.717) is 5.56 Å². The molecule has 0 amide bonds. The second kappa shape index (κ2) is 6.02. The van der Waals surface area contributed by atoms with Crippen molar-refractivity contribution in [1.29, 1.82) is 0 Å². The van der Waals surface area contributed by atoms with Crippen LogP contribution in [-0.4, -0.2) is 16.0 Å². The first-order chi connectivity index (χ1) is 6.59. The second-order valence-corrected chi connectivity index (χ2v) is 2.69. The fourth-order valence-electron chi connectivity index (χ4n) is 0.982. The molecule has 0 unspecified atom stereocenters. The fraction of sp³-hybridized carbons (Fsp3) is 0.364. The van der Waals surface area contributed by atoms with E-state index < -0.39 is 0 Å². The maximum absolute atomic E-state index is 10.7. The minimum absolute atomic E-state index is 0.0444. The van der Waals surface area contributed by atoms with Crippen molar-refractivity contribution in [2.24, 2.45) is 0 Å². The van der Waals surface area contributed by atoms with Crippen LogP contribution in [0.2, 0.25) is 0 Å². The molecule has 0 spiro atoms. The highest BCUT2D eigenvalue weighted by Gasteiger charge is 2.04. The van der Waals surface area contributed by atoms with Gasteiger partial charge in [0.1, 0.15) is 17.3 Å². The fourth-order valence-corrected chi connectivity index (χ4v) is 0.982. The van der Waals surface area contributed by atoms with Gasteiger partial charge in [0.25, 0.3) is 0 Å². The van der Waals surface area contributed by atoms with Crippen molar-refractivity contribution in [3.05, 3.63) is 23.8 Å². The summed E-state index contributed by atoms with van der Waals surface area (Å²) in [6, 6.07) is 4.13. The summed E-state index contributed by atoms with van der Waals surface area (Å²) in [4.78, 5) is 10.7. The van der Waals surface area contributed by atoms with Gasteiger partial charge < -0.3 is 10.2 Å². The van der Waals surface area contributed by atoms with Crippen LogP contribution >= 0.6 is 0 Å². The third-order valence-corrected chi connectivity index (χ3v) is 1.50. The van der Waals surface area contributed by atoms with Crippen LogP contribution in [0.1, 0.15) is 26.3 Å². The molecule has 78 valence electrons. The standard InChI is InChI=1S/C9H10O3.C2H6/c1-6(10)4-7-5-8(11)2-3-9(7)12;1-2/h2-3,5,11-12H,4H2,1H3;1-2H3. The number of phenolic OH excluding ortho intramolecular Hbond substituents is 2. The number of aromatic hydroxyl groups is 2. The van der Waals surface area contributed by atoms with E-state index >= 15 is 0 Å². The topological polar surface area (TPSA) is 57.5 Å². The molecular formula is C11H16O3. The molecule has 0 bridgehead atoms. The Balaban J connectivity index is 0.000000791. The van der Waals surface area contributed by atoms with Crippen molar-refractivity contribution >= 4 is 5.78 Å². The van der Waals surface area contributed by atoms with Crippen molar-refractivity contribution in [2.75, 3.05) is 0 Å². The SMILES string of the molecule is CC.CC(=O)Cc1cc(O)ccc1O. The number of Topliss-reactive ketones (excluding diaryl/α,β-unsaturated/α-hetero) is 1. The number of benzene rings is 1. The monoisotopic (exact) mass is 196 g/mol. The lowest BCUT2D eigenvalue weighted by Gasteiger charge is -2.01. The lowest BCUT2D eigenvalue weighted by molar-refractivity contribution is -0.116. The van der Waals surface area contributed by atoms with Crippen molar-refractivity contribution < 1.29 is 15.0 Å². The molecule has 0 atom stereocenters. The van der Waals surface area contributed by atoms with Crippen LogP contribution in [-0.2, 0) is 11.2 Å². The molecule has 0 heterocycles. The molecular weight excluding hydrogens is 180 g/mol. The molecule has 3 nitrogen and oxygen atoms in total. The van der Waals surface area contributed by atoms with E-state index in [9.17, 15) is 9.90 Å². The van der Waals surface area contributed by atoms with Crippen LogP contribution in [0.4, 0.5) is 0 Å². The molecule has 1 aromatic carbocycles. The molecule has 0 radical (unpaired) electrons. The van der Waals surface area contributed by atoms with Gasteiger partial charge in [-0.2, -0.15) is 0 Å². The third-order valence-electron chi connectivity index (χ3n) is 1.50. The Bertz CT molecular complexity index is 305. The predicted molar refractivity (Wildman–Crippen MR) is 55.5 cm³/mol. The maximum Gasteiger partial charge on any atom is 0.134 e. The van der Waals surface area contributed by atoms with Crippen molar-refractivity contribution in [3.63, 3.8) is 0 Å².